The maximum Gasteiger partial charge on any atom is 0.227 e. The van der Waals surface area contributed by atoms with Crippen molar-refractivity contribution in [1.82, 2.24) is 19.8 Å². The molecule has 3 aliphatic rings. The highest BCUT2D eigenvalue weighted by Crippen LogP contribution is 2.37. The molecular formula is C33H52N6O3. The van der Waals surface area contributed by atoms with Crippen molar-refractivity contribution in [3.05, 3.63) is 12.1 Å². The number of carbonyl (C=O) groups excluding carboxylic acids is 1. The highest BCUT2D eigenvalue weighted by Gasteiger charge is 2.27. The third-order valence-corrected chi connectivity index (χ3v) is 9.45. The molecule has 9 heteroatoms. The maximum absolute atomic E-state index is 12.0. The van der Waals surface area contributed by atoms with E-state index in [1.165, 1.54) is 70.9 Å². The third-order valence-electron chi connectivity index (χ3n) is 9.45. The summed E-state index contributed by atoms with van der Waals surface area (Å²) < 4.78 is 12.2. The molecule has 5 rings (SSSR count). The molecule has 1 amide bonds. The van der Waals surface area contributed by atoms with E-state index >= 15 is 0 Å². The van der Waals surface area contributed by atoms with Gasteiger partial charge < -0.3 is 29.1 Å². The van der Waals surface area contributed by atoms with Crippen LogP contribution in [0.2, 0.25) is 0 Å². The van der Waals surface area contributed by atoms with Crippen molar-refractivity contribution >= 4 is 28.6 Å². The van der Waals surface area contributed by atoms with Crippen LogP contribution < -0.4 is 19.3 Å². The van der Waals surface area contributed by atoms with E-state index in [-0.39, 0.29) is 5.91 Å². The first-order chi connectivity index (χ1) is 20.5. The summed E-state index contributed by atoms with van der Waals surface area (Å²) in [5.74, 6) is 3.38. The molecule has 0 unspecified atom stereocenters. The van der Waals surface area contributed by atoms with Gasteiger partial charge in [0.1, 0.15) is 5.82 Å². The lowest BCUT2D eigenvalue weighted by molar-refractivity contribution is -0.129. The fourth-order valence-corrected chi connectivity index (χ4v) is 6.81. The molecule has 3 fully saturated rings. The van der Waals surface area contributed by atoms with Gasteiger partial charge in [0, 0.05) is 64.2 Å². The van der Waals surface area contributed by atoms with Crippen LogP contribution in [0.15, 0.2) is 12.1 Å². The molecule has 4 heterocycles. The van der Waals surface area contributed by atoms with Crippen LogP contribution in [0.5, 0.6) is 11.5 Å². The Morgan fingerprint density at radius 3 is 2.19 bits per heavy atom. The molecule has 0 radical (unpaired) electrons. The number of methoxy groups -OCH3 is 1. The summed E-state index contributed by atoms with van der Waals surface area (Å²) in [6.07, 6.45) is 14.3. The lowest BCUT2D eigenvalue weighted by Gasteiger charge is -2.37. The monoisotopic (exact) mass is 580 g/mol. The van der Waals surface area contributed by atoms with Gasteiger partial charge >= 0.3 is 0 Å². The summed E-state index contributed by atoms with van der Waals surface area (Å²) in [7, 11) is 3.86. The molecule has 0 saturated carbocycles. The molecule has 3 aliphatic heterocycles. The predicted molar refractivity (Wildman–Crippen MR) is 170 cm³/mol. The average Bonchev–Trinajstić information content (AvgIpc) is 3.16. The minimum Gasteiger partial charge on any atom is -0.493 e. The fourth-order valence-electron chi connectivity index (χ4n) is 6.81. The number of ether oxygens (including phenoxy) is 2. The second-order valence-corrected chi connectivity index (χ2v) is 12.4. The summed E-state index contributed by atoms with van der Waals surface area (Å²) in [6.45, 7) is 9.36. The zero-order chi connectivity index (χ0) is 29.3. The number of carbonyl (C=O) groups is 1. The number of nitrogens with zero attached hydrogens (tertiary/aromatic N) is 6. The van der Waals surface area contributed by atoms with Crippen molar-refractivity contribution in [3.63, 3.8) is 0 Å². The third kappa shape index (κ3) is 7.77. The smallest absolute Gasteiger partial charge is 0.227 e. The van der Waals surface area contributed by atoms with Gasteiger partial charge in [0.15, 0.2) is 11.5 Å². The zero-order valence-corrected chi connectivity index (χ0v) is 26.3. The molecule has 232 valence electrons. The lowest BCUT2D eigenvalue weighted by atomic mass is 10.0. The minimum absolute atomic E-state index is 0.159. The number of fused-ring (bicyclic) bond motifs is 1. The van der Waals surface area contributed by atoms with E-state index in [4.69, 9.17) is 19.4 Å². The average molecular weight is 581 g/mol. The summed E-state index contributed by atoms with van der Waals surface area (Å²) >= 11 is 0. The van der Waals surface area contributed by atoms with Crippen LogP contribution in [-0.4, -0.2) is 98.3 Å². The Morgan fingerprint density at radius 1 is 0.881 bits per heavy atom. The molecule has 2 aromatic rings. The van der Waals surface area contributed by atoms with Gasteiger partial charge in [0.05, 0.1) is 19.2 Å². The van der Waals surface area contributed by atoms with Crippen molar-refractivity contribution in [2.24, 2.45) is 0 Å². The summed E-state index contributed by atoms with van der Waals surface area (Å²) in [4.78, 5) is 31.6. The Morgan fingerprint density at radius 2 is 1.52 bits per heavy atom. The second kappa shape index (κ2) is 15.1. The van der Waals surface area contributed by atoms with Crippen LogP contribution in [-0.2, 0) is 4.79 Å². The number of anilines is 2. The van der Waals surface area contributed by atoms with Gasteiger partial charge in [0.25, 0.3) is 0 Å². The molecule has 42 heavy (non-hydrogen) atoms. The Hall–Kier alpha value is -2.81. The summed E-state index contributed by atoms with van der Waals surface area (Å²) in [6, 6.07) is 4.43. The van der Waals surface area contributed by atoms with E-state index in [1.54, 1.807) is 14.0 Å². The van der Waals surface area contributed by atoms with E-state index in [9.17, 15) is 4.79 Å². The van der Waals surface area contributed by atoms with Crippen LogP contribution in [0.3, 0.4) is 0 Å². The van der Waals surface area contributed by atoms with E-state index in [0.29, 0.717) is 12.6 Å². The van der Waals surface area contributed by atoms with E-state index in [2.05, 4.69) is 33.9 Å². The van der Waals surface area contributed by atoms with E-state index in [1.807, 2.05) is 4.90 Å². The number of amides is 1. The quantitative estimate of drug-likeness (QED) is 0.360. The molecule has 0 N–H and O–H groups in total. The van der Waals surface area contributed by atoms with Crippen LogP contribution >= 0.6 is 0 Å². The van der Waals surface area contributed by atoms with Crippen LogP contribution in [0.4, 0.5) is 11.8 Å². The number of piperidine rings is 2. The number of aromatic nitrogens is 2. The Labute approximate surface area is 252 Å². The SMILES string of the molecule is COc1cc2c(N(C)C3CCN(C(C)=O)CC3)nc(N3CCCCCCCC3)nc2cc1OCCCN1CCCCC1. The van der Waals surface area contributed by atoms with E-state index < -0.39 is 0 Å². The minimum atomic E-state index is 0.159. The maximum atomic E-state index is 12.0. The lowest BCUT2D eigenvalue weighted by Crippen LogP contribution is -2.45. The number of benzene rings is 1. The molecule has 0 aliphatic carbocycles. The van der Waals surface area contributed by atoms with Gasteiger partial charge in [-0.1, -0.05) is 32.1 Å². The van der Waals surface area contributed by atoms with Gasteiger partial charge in [-0.05, 0) is 64.1 Å². The number of rotatable bonds is 9. The van der Waals surface area contributed by atoms with Crippen molar-refractivity contribution < 1.29 is 14.3 Å². The van der Waals surface area contributed by atoms with Gasteiger partial charge in [-0.15, -0.1) is 0 Å². The first-order valence-corrected chi connectivity index (χ1v) is 16.5. The van der Waals surface area contributed by atoms with Gasteiger partial charge in [-0.3, -0.25) is 4.79 Å². The molecule has 1 aromatic carbocycles. The van der Waals surface area contributed by atoms with Crippen molar-refractivity contribution in [2.45, 2.75) is 90.0 Å². The largest absolute Gasteiger partial charge is 0.493 e. The molecule has 0 spiro atoms. The molecule has 1 aromatic heterocycles. The number of likely N-dealkylation sites (tertiary alicyclic amines) is 2. The second-order valence-electron chi connectivity index (χ2n) is 12.4. The molecule has 0 bridgehead atoms. The Kier molecular flexibility index (Phi) is 11.0. The predicted octanol–water partition coefficient (Wildman–Crippen LogP) is 5.50. The van der Waals surface area contributed by atoms with Gasteiger partial charge in [-0.25, -0.2) is 4.98 Å². The van der Waals surface area contributed by atoms with Crippen molar-refractivity contribution in [1.29, 1.82) is 0 Å². The highest BCUT2D eigenvalue weighted by atomic mass is 16.5. The molecule has 9 nitrogen and oxygen atoms in total. The van der Waals surface area contributed by atoms with Crippen LogP contribution in [0.25, 0.3) is 10.9 Å². The van der Waals surface area contributed by atoms with Gasteiger partial charge in [0.2, 0.25) is 11.9 Å². The Bertz CT molecular complexity index is 1150. The first kappa shape index (κ1) is 30.6. The summed E-state index contributed by atoms with van der Waals surface area (Å²) in [5, 5.41) is 0.983. The topological polar surface area (TPSA) is 74.3 Å². The van der Waals surface area contributed by atoms with Crippen molar-refractivity contribution in [2.75, 3.05) is 76.4 Å². The van der Waals surface area contributed by atoms with Gasteiger partial charge in [-0.2, -0.15) is 4.98 Å². The van der Waals surface area contributed by atoms with Crippen LogP contribution in [0.1, 0.15) is 84.0 Å². The standard InChI is InChI=1S/C33H52N6O3/c1-26(40)38-21-14-27(15-22-38)36(2)32-28-24-30(41-3)31(42-23-13-18-37-16-9-8-10-17-37)25-29(28)34-33(35-32)39-19-11-6-4-5-7-12-20-39/h24-25,27H,4-23H2,1-3H3. The first-order valence-electron chi connectivity index (χ1n) is 16.5. The van der Waals surface area contributed by atoms with Crippen LogP contribution in [0, 0.1) is 0 Å². The zero-order valence-electron chi connectivity index (χ0n) is 26.3. The Balaban J connectivity index is 1.42. The van der Waals surface area contributed by atoms with Crippen molar-refractivity contribution in [3.8, 4) is 11.5 Å². The normalized spacial score (nSPS) is 19.7. The summed E-state index contributed by atoms with van der Waals surface area (Å²) in [5.41, 5.74) is 0.898. The molecule has 3 saturated heterocycles. The number of hydrogen-bond acceptors (Lipinski definition) is 8. The fraction of sp³-hybridized carbons (Fsp3) is 0.727. The van der Waals surface area contributed by atoms with E-state index in [0.717, 1.165) is 86.2 Å². The highest BCUT2D eigenvalue weighted by molar-refractivity contribution is 5.93. The molecule has 0 atom stereocenters. The molecular weight excluding hydrogens is 528 g/mol. The number of hydrogen-bond donors (Lipinski definition) is 0.